The van der Waals surface area contributed by atoms with Gasteiger partial charge in [0.2, 0.25) is 5.91 Å². The minimum Gasteiger partial charge on any atom is -0.391 e. The Balaban J connectivity index is 0.00000242. The number of carbonyl (C=O) groups excluding carboxylic acids is 2. The third-order valence-corrected chi connectivity index (χ3v) is 3.61. The summed E-state index contributed by atoms with van der Waals surface area (Å²) in [7, 11) is 0. The van der Waals surface area contributed by atoms with Gasteiger partial charge in [-0.15, -0.1) is 12.4 Å². The largest absolute Gasteiger partial charge is 0.391 e. The first-order valence-corrected chi connectivity index (χ1v) is 7.00. The van der Waals surface area contributed by atoms with Crippen LogP contribution < -0.4 is 10.6 Å². The van der Waals surface area contributed by atoms with Crippen LogP contribution in [0.3, 0.4) is 0 Å². The van der Waals surface area contributed by atoms with E-state index < -0.39 is 11.9 Å². The fourth-order valence-electron chi connectivity index (χ4n) is 2.27. The molecule has 1 heterocycles. The zero-order valence-corrected chi connectivity index (χ0v) is 12.9. The lowest BCUT2D eigenvalue weighted by Gasteiger charge is -2.13. The molecule has 2 atom stereocenters. The second-order valence-corrected chi connectivity index (χ2v) is 5.22. The molecule has 0 bridgehead atoms. The number of nitrogens with one attached hydrogen (secondary N) is 2. The molecule has 0 radical (unpaired) electrons. The van der Waals surface area contributed by atoms with Gasteiger partial charge < -0.3 is 15.7 Å². The van der Waals surface area contributed by atoms with Gasteiger partial charge >= 0.3 is 0 Å². The van der Waals surface area contributed by atoms with E-state index in [-0.39, 0.29) is 42.9 Å². The Morgan fingerprint density at radius 3 is 2.50 bits per heavy atom. The smallest absolute Gasteiger partial charge is 0.220 e. The van der Waals surface area contributed by atoms with Crippen molar-refractivity contribution in [3.05, 3.63) is 35.6 Å². The average Bonchev–Trinajstić information content (AvgIpc) is 2.88. The molecule has 22 heavy (non-hydrogen) atoms. The van der Waals surface area contributed by atoms with Crippen molar-refractivity contribution in [2.24, 2.45) is 5.92 Å². The number of ketones is 1. The first-order chi connectivity index (χ1) is 10.1. The molecule has 1 aliphatic heterocycles. The number of halogens is 2. The number of Topliss-reactive ketones (excluding diaryl/α,β-unsaturated/α-hetero) is 1. The van der Waals surface area contributed by atoms with Gasteiger partial charge in [-0.3, -0.25) is 9.59 Å². The Kier molecular flexibility index (Phi) is 7.44. The lowest BCUT2D eigenvalue weighted by atomic mass is 10.1. The molecular weight excluding hydrogens is 311 g/mol. The maximum atomic E-state index is 12.7. The van der Waals surface area contributed by atoms with Crippen LogP contribution in [0.4, 0.5) is 4.39 Å². The molecule has 0 saturated carbocycles. The van der Waals surface area contributed by atoms with E-state index in [9.17, 15) is 19.1 Å². The minimum atomic E-state index is -0.439. The van der Waals surface area contributed by atoms with Crippen LogP contribution in [-0.2, 0) is 4.79 Å². The molecule has 1 aliphatic rings. The number of carbonyl (C=O) groups is 2. The number of hydrogen-bond donors (Lipinski definition) is 3. The van der Waals surface area contributed by atoms with Gasteiger partial charge in [-0.1, -0.05) is 0 Å². The molecule has 2 rings (SSSR count). The van der Waals surface area contributed by atoms with Gasteiger partial charge in [0.15, 0.2) is 5.78 Å². The van der Waals surface area contributed by atoms with Crippen LogP contribution in [0.1, 0.15) is 23.2 Å². The zero-order valence-electron chi connectivity index (χ0n) is 12.0. The SMILES string of the molecule is Cl.O=C(CCC(=O)c1ccc(F)cc1)NCC1CNCC1O. The van der Waals surface area contributed by atoms with E-state index in [4.69, 9.17) is 0 Å². The normalized spacial score (nSPS) is 20.3. The van der Waals surface area contributed by atoms with Gasteiger partial charge in [-0.05, 0) is 24.3 Å². The second-order valence-electron chi connectivity index (χ2n) is 5.22. The number of aliphatic hydroxyl groups excluding tert-OH is 1. The number of benzene rings is 1. The van der Waals surface area contributed by atoms with Crippen molar-refractivity contribution < 1.29 is 19.1 Å². The molecule has 1 saturated heterocycles. The predicted octanol–water partition coefficient (Wildman–Crippen LogP) is 0.907. The van der Waals surface area contributed by atoms with Crippen molar-refractivity contribution in [2.75, 3.05) is 19.6 Å². The number of aliphatic hydroxyl groups is 1. The van der Waals surface area contributed by atoms with Gasteiger partial charge in [-0.25, -0.2) is 4.39 Å². The summed E-state index contributed by atoms with van der Waals surface area (Å²) >= 11 is 0. The molecule has 0 aromatic heterocycles. The highest BCUT2D eigenvalue weighted by molar-refractivity contribution is 5.97. The van der Waals surface area contributed by atoms with E-state index in [0.717, 1.165) is 0 Å². The number of amides is 1. The highest BCUT2D eigenvalue weighted by Crippen LogP contribution is 2.09. The van der Waals surface area contributed by atoms with Crippen LogP contribution in [0.15, 0.2) is 24.3 Å². The molecule has 1 fully saturated rings. The summed E-state index contributed by atoms with van der Waals surface area (Å²) in [5.41, 5.74) is 0.402. The molecule has 0 aliphatic carbocycles. The Morgan fingerprint density at radius 1 is 1.23 bits per heavy atom. The predicted molar refractivity (Wildman–Crippen MR) is 82.6 cm³/mol. The number of β-amino-alcohol motifs (C(OH)–C–C–N with tert-alkyl or cyclic N) is 1. The van der Waals surface area contributed by atoms with Crippen LogP contribution in [0.2, 0.25) is 0 Å². The summed E-state index contributed by atoms with van der Waals surface area (Å²) in [4.78, 5) is 23.5. The van der Waals surface area contributed by atoms with Crippen LogP contribution in [0.25, 0.3) is 0 Å². The quantitative estimate of drug-likeness (QED) is 0.677. The van der Waals surface area contributed by atoms with Crippen LogP contribution >= 0.6 is 12.4 Å². The molecule has 2 unspecified atom stereocenters. The van der Waals surface area contributed by atoms with E-state index in [0.29, 0.717) is 25.2 Å². The van der Waals surface area contributed by atoms with E-state index in [1.165, 1.54) is 24.3 Å². The van der Waals surface area contributed by atoms with Crippen LogP contribution in [0.5, 0.6) is 0 Å². The van der Waals surface area contributed by atoms with E-state index in [1.54, 1.807) is 0 Å². The van der Waals surface area contributed by atoms with E-state index >= 15 is 0 Å². The van der Waals surface area contributed by atoms with Gasteiger partial charge in [0.1, 0.15) is 5.82 Å². The van der Waals surface area contributed by atoms with Crippen LogP contribution in [-0.4, -0.2) is 42.5 Å². The minimum absolute atomic E-state index is 0. The summed E-state index contributed by atoms with van der Waals surface area (Å²) in [5.74, 6) is -0.785. The lowest BCUT2D eigenvalue weighted by molar-refractivity contribution is -0.121. The van der Waals surface area contributed by atoms with Gasteiger partial charge in [0.25, 0.3) is 0 Å². The van der Waals surface area contributed by atoms with Crippen molar-refractivity contribution in [3.63, 3.8) is 0 Å². The Morgan fingerprint density at radius 2 is 1.91 bits per heavy atom. The highest BCUT2D eigenvalue weighted by atomic mass is 35.5. The molecule has 1 aromatic carbocycles. The van der Waals surface area contributed by atoms with E-state index in [1.807, 2.05) is 0 Å². The lowest BCUT2D eigenvalue weighted by Crippen LogP contribution is -2.34. The van der Waals surface area contributed by atoms with Crippen molar-refractivity contribution in [3.8, 4) is 0 Å². The molecule has 5 nitrogen and oxygen atoms in total. The maximum absolute atomic E-state index is 12.7. The van der Waals surface area contributed by atoms with Gasteiger partial charge in [-0.2, -0.15) is 0 Å². The summed E-state index contributed by atoms with van der Waals surface area (Å²) in [6.45, 7) is 1.62. The standard InChI is InChI=1S/C15H19FN2O3.ClH/c16-12-3-1-10(2-4-12)13(19)5-6-15(21)18-8-11-7-17-9-14(11)20;/h1-4,11,14,17,20H,5-9H2,(H,18,21);1H. The molecule has 1 amide bonds. The molecule has 122 valence electrons. The second kappa shape index (κ2) is 8.82. The molecule has 1 aromatic rings. The Hall–Kier alpha value is -1.50. The van der Waals surface area contributed by atoms with Crippen molar-refractivity contribution >= 4 is 24.1 Å². The van der Waals surface area contributed by atoms with Gasteiger partial charge in [0.05, 0.1) is 6.10 Å². The van der Waals surface area contributed by atoms with Crippen molar-refractivity contribution in [2.45, 2.75) is 18.9 Å². The third-order valence-electron chi connectivity index (χ3n) is 3.61. The van der Waals surface area contributed by atoms with E-state index in [2.05, 4.69) is 10.6 Å². The Bertz CT molecular complexity index is 510. The zero-order chi connectivity index (χ0) is 15.2. The molecular formula is C15H20ClFN2O3. The number of hydrogen-bond acceptors (Lipinski definition) is 4. The monoisotopic (exact) mass is 330 g/mol. The topological polar surface area (TPSA) is 78.4 Å². The molecule has 3 N–H and O–H groups in total. The number of rotatable bonds is 6. The van der Waals surface area contributed by atoms with Crippen LogP contribution in [0, 0.1) is 11.7 Å². The van der Waals surface area contributed by atoms with Crippen molar-refractivity contribution in [1.29, 1.82) is 0 Å². The molecule has 0 spiro atoms. The summed E-state index contributed by atoms with van der Waals surface area (Å²) in [6, 6.07) is 5.27. The third kappa shape index (κ3) is 5.36. The molecule has 7 heteroatoms. The Labute approximate surface area is 134 Å². The highest BCUT2D eigenvalue weighted by Gasteiger charge is 2.24. The summed E-state index contributed by atoms with van der Waals surface area (Å²) in [6.07, 6.45) is -0.263. The fraction of sp³-hybridized carbons (Fsp3) is 0.467. The summed E-state index contributed by atoms with van der Waals surface area (Å²) < 4.78 is 12.7. The summed E-state index contributed by atoms with van der Waals surface area (Å²) in [5, 5.41) is 15.3. The first-order valence-electron chi connectivity index (χ1n) is 7.00. The van der Waals surface area contributed by atoms with Gasteiger partial charge in [0, 0.05) is 44.0 Å². The first kappa shape index (κ1) is 18.5. The van der Waals surface area contributed by atoms with Crippen molar-refractivity contribution in [1.82, 2.24) is 10.6 Å². The maximum Gasteiger partial charge on any atom is 0.220 e. The fourth-order valence-corrected chi connectivity index (χ4v) is 2.27. The average molecular weight is 331 g/mol.